The zero-order valence-electron chi connectivity index (χ0n) is 10.2. The number of halogens is 2. The quantitative estimate of drug-likeness (QED) is 0.679. The second-order valence-corrected chi connectivity index (χ2v) is 4.71. The van der Waals surface area contributed by atoms with Gasteiger partial charge in [-0.3, -0.25) is 10.1 Å². The van der Waals surface area contributed by atoms with E-state index < -0.39 is 4.92 Å². The first kappa shape index (κ1) is 14.6. The molecule has 0 saturated heterocycles. The van der Waals surface area contributed by atoms with Gasteiger partial charge in [0.15, 0.2) is 0 Å². The molecule has 0 bridgehead atoms. The summed E-state index contributed by atoms with van der Waals surface area (Å²) in [6.45, 7) is 0.208. The zero-order chi connectivity index (χ0) is 14.7. The summed E-state index contributed by atoms with van der Waals surface area (Å²) >= 11 is 12.0. The van der Waals surface area contributed by atoms with E-state index >= 15 is 0 Å². The molecule has 0 aliphatic rings. The molecular formula is C13H10Cl2N2O3. The van der Waals surface area contributed by atoms with Crippen LogP contribution in [0.3, 0.4) is 0 Å². The molecule has 5 nitrogen and oxygen atoms in total. The first-order valence-electron chi connectivity index (χ1n) is 5.62. The Labute approximate surface area is 125 Å². The van der Waals surface area contributed by atoms with Crippen LogP contribution in [0.25, 0.3) is 0 Å². The van der Waals surface area contributed by atoms with Gasteiger partial charge in [0.2, 0.25) is 0 Å². The summed E-state index contributed by atoms with van der Waals surface area (Å²) in [6, 6.07) is 9.09. The van der Waals surface area contributed by atoms with Crippen molar-refractivity contribution in [2.75, 3.05) is 0 Å². The normalized spacial score (nSPS) is 10.3. The van der Waals surface area contributed by atoms with E-state index in [1.54, 1.807) is 18.2 Å². The molecule has 0 atom stereocenters. The number of hydrogen-bond donors (Lipinski definition) is 1. The number of nitro groups is 1. The number of ether oxygens (including phenoxy) is 1. The third kappa shape index (κ3) is 3.01. The van der Waals surface area contributed by atoms with Gasteiger partial charge in [-0.2, -0.15) is 0 Å². The van der Waals surface area contributed by atoms with E-state index in [1.165, 1.54) is 18.2 Å². The lowest BCUT2D eigenvalue weighted by atomic mass is 10.2. The summed E-state index contributed by atoms with van der Waals surface area (Å²) < 4.78 is 5.63. The molecule has 0 amide bonds. The largest absolute Gasteiger partial charge is 0.455 e. The van der Waals surface area contributed by atoms with Crippen LogP contribution in [0.4, 0.5) is 5.69 Å². The van der Waals surface area contributed by atoms with Gasteiger partial charge in [0.25, 0.3) is 5.69 Å². The topological polar surface area (TPSA) is 78.4 Å². The van der Waals surface area contributed by atoms with Gasteiger partial charge in [-0.25, -0.2) is 0 Å². The second kappa shape index (κ2) is 6.09. The van der Waals surface area contributed by atoms with Gasteiger partial charge in [0.1, 0.15) is 11.5 Å². The molecule has 0 fully saturated rings. The van der Waals surface area contributed by atoms with Crippen LogP contribution in [0.5, 0.6) is 11.5 Å². The van der Waals surface area contributed by atoms with Crippen LogP contribution in [-0.4, -0.2) is 4.92 Å². The monoisotopic (exact) mass is 312 g/mol. The fourth-order valence-electron chi connectivity index (χ4n) is 1.64. The highest BCUT2D eigenvalue weighted by molar-refractivity contribution is 6.32. The van der Waals surface area contributed by atoms with E-state index in [1.807, 2.05) is 0 Å². The van der Waals surface area contributed by atoms with Crippen LogP contribution in [0.15, 0.2) is 36.4 Å². The highest BCUT2D eigenvalue weighted by atomic mass is 35.5. The minimum absolute atomic E-state index is 0.104. The second-order valence-electron chi connectivity index (χ2n) is 3.89. The standard InChI is InChI=1S/C13H10Cl2N2O3/c14-10-2-1-3-12(9(10)7-16)20-13-5-4-8(17(18)19)6-11(13)15/h1-6H,7,16H2. The molecule has 2 N–H and O–H groups in total. The number of non-ortho nitro benzene ring substituents is 1. The fraction of sp³-hybridized carbons (Fsp3) is 0.0769. The van der Waals surface area contributed by atoms with Crippen LogP contribution in [0.1, 0.15) is 5.56 Å². The maximum absolute atomic E-state index is 10.6. The van der Waals surface area contributed by atoms with Crippen molar-refractivity contribution in [2.24, 2.45) is 5.73 Å². The number of benzene rings is 2. The maximum atomic E-state index is 10.6. The van der Waals surface area contributed by atoms with Crippen LogP contribution in [0, 0.1) is 10.1 Å². The van der Waals surface area contributed by atoms with E-state index in [9.17, 15) is 10.1 Å². The fourth-order valence-corrected chi connectivity index (χ4v) is 2.09. The highest BCUT2D eigenvalue weighted by Crippen LogP contribution is 2.35. The first-order chi connectivity index (χ1) is 9.52. The first-order valence-corrected chi connectivity index (χ1v) is 6.37. The van der Waals surface area contributed by atoms with Crippen molar-refractivity contribution in [1.29, 1.82) is 0 Å². The third-order valence-corrected chi connectivity index (χ3v) is 3.28. The smallest absolute Gasteiger partial charge is 0.271 e. The van der Waals surface area contributed by atoms with Gasteiger partial charge >= 0.3 is 0 Å². The number of nitro benzene ring substituents is 1. The van der Waals surface area contributed by atoms with Crippen molar-refractivity contribution in [3.63, 3.8) is 0 Å². The molecule has 0 aliphatic heterocycles. The number of hydrogen-bond acceptors (Lipinski definition) is 4. The van der Waals surface area contributed by atoms with Crippen molar-refractivity contribution >= 4 is 28.9 Å². The predicted molar refractivity (Wildman–Crippen MR) is 77.5 cm³/mol. The number of rotatable bonds is 4. The summed E-state index contributed by atoms with van der Waals surface area (Å²) in [5, 5.41) is 11.3. The highest BCUT2D eigenvalue weighted by Gasteiger charge is 2.13. The van der Waals surface area contributed by atoms with Gasteiger partial charge in [-0.1, -0.05) is 29.3 Å². The van der Waals surface area contributed by atoms with Crippen molar-refractivity contribution < 1.29 is 9.66 Å². The summed E-state index contributed by atoms with van der Waals surface area (Å²) in [5.41, 5.74) is 6.16. The van der Waals surface area contributed by atoms with Gasteiger partial charge in [-0.05, 0) is 18.2 Å². The summed E-state index contributed by atoms with van der Waals surface area (Å²) in [5.74, 6) is 0.769. The molecule has 0 aliphatic carbocycles. The maximum Gasteiger partial charge on any atom is 0.271 e. The molecule has 2 aromatic carbocycles. The number of nitrogens with two attached hydrogens (primary N) is 1. The lowest BCUT2D eigenvalue weighted by Gasteiger charge is -2.12. The SMILES string of the molecule is NCc1c(Cl)cccc1Oc1ccc([N+](=O)[O-])cc1Cl. The Kier molecular flexibility index (Phi) is 4.44. The van der Waals surface area contributed by atoms with E-state index in [0.717, 1.165) is 0 Å². The molecule has 0 saturated carbocycles. The summed E-state index contributed by atoms with van der Waals surface area (Å²) in [7, 11) is 0. The summed E-state index contributed by atoms with van der Waals surface area (Å²) in [4.78, 5) is 10.1. The minimum Gasteiger partial charge on any atom is -0.455 e. The summed E-state index contributed by atoms with van der Waals surface area (Å²) in [6.07, 6.45) is 0. The Morgan fingerprint density at radius 1 is 1.15 bits per heavy atom. The predicted octanol–water partition coefficient (Wildman–Crippen LogP) is 4.15. The Morgan fingerprint density at radius 2 is 1.90 bits per heavy atom. The Bertz CT molecular complexity index is 662. The van der Waals surface area contributed by atoms with Gasteiger partial charge < -0.3 is 10.5 Å². The molecule has 20 heavy (non-hydrogen) atoms. The Morgan fingerprint density at radius 3 is 2.50 bits per heavy atom. The van der Waals surface area contributed by atoms with Crippen LogP contribution in [0.2, 0.25) is 10.0 Å². The van der Waals surface area contributed by atoms with Gasteiger partial charge in [0.05, 0.1) is 9.95 Å². The molecule has 2 rings (SSSR count). The average Bonchev–Trinajstić information content (AvgIpc) is 2.41. The molecule has 0 spiro atoms. The van der Waals surface area contributed by atoms with Gasteiger partial charge in [0, 0.05) is 29.3 Å². The minimum atomic E-state index is -0.527. The van der Waals surface area contributed by atoms with Crippen LogP contribution >= 0.6 is 23.2 Å². The zero-order valence-corrected chi connectivity index (χ0v) is 11.7. The van der Waals surface area contributed by atoms with Crippen LogP contribution in [-0.2, 0) is 6.54 Å². The van der Waals surface area contributed by atoms with E-state index in [4.69, 9.17) is 33.7 Å². The molecule has 0 radical (unpaired) electrons. The molecule has 0 aromatic heterocycles. The lowest BCUT2D eigenvalue weighted by molar-refractivity contribution is -0.384. The number of nitrogens with zero attached hydrogens (tertiary/aromatic N) is 1. The van der Waals surface area contributed by atoms with E-state index in [-0.39, 0.29) is 17.3 Å². The van der Waals surface area contributed by atoms with E-state index in [2.05, 4.69) is 0 Å². The molecule has 7 heteroatoms. The van der Waals surface area contributed by atoms with Crippen molar-refractivity contribution in [3.8, 4) is 11.5 Å². The Hall–Kier alpha value is -1.82. The molecule has 0 unspecified atom stereocenters. The van der Waals surface area contributed by atoms with Crippen molar-refractivity contribution in [1.82, 2.24) is 0 Å². The van der Waals surface area contributed by atoms with Crippen molar-refractivity contribution in [3.05, 3.63) is 62.1 Å². The molecule has 0 heterocycles. The average molecular weight is 313 g/mol. The van der Waals surface area contributed by atoms with E-state index in [0.29, 0.717) is 22.1 Å². The third-order valence-electron chi connectivity index (χ3n) is 2.63. The van der Waals surface area contributed by atoms with Crippen molar-refractivity contribution in [2.45, 2.75) is 6.54 Å². The lowest BCUT2D eigenvalue weighted by Crippen LogP contribution is -2.00. The molecule has 2 aromatic rings. The Balaban J connectivity index is 2.36. The molecule has 104 valence electrons. The molecular weight excluding hydrogens is 303 g/mol. The van der Waals surface area contributed by atoms with Crippen LogP contribution < -0.4 is 10.5 Å². The van der Waals surface area contributed by atoms with Gasteiger partial charge in [-0.15, -0.1) is 0 Å².